The van der Waals surface area contributed by atoms with Crippen LogP contribution in [0.3, 0.4) is 0 Å². The van der Waals surface area contributed by atoms with E-state index in [2.05, 4.69) is 33.7 Å². The molecule has 1 radical (unpaired) electrons. The van der Waals surface area contributed by atoms with E-state index in [0.29, 0.717) is 0 Å². The van der Waals surface area contributed by atoms with E-state index in [4.69, 9.17) is 0 Å². The molecule has 2 fully saturated rings. The van der Waals surface area contributed by atoms with Gasteiger partial charge in [0.2, 0.25) is 0 Å². The van der Waals surface area contributed by atoms with Gasteiger partial charge in [0.1, 0.15) is 5.37 Å². The van der Waals surface area contributed by atoms with Crippen molar-refractivity contribution in [2.24, 2.45) is 0 Å². The van der Waals surface area contributed by atoms with Gasteiger partial charge in [-0.25, -0.2) is 0 Å². The predicted molar refractivity (Wildman–Crippen MR) is 62.1 cm³/mol. The molecule has 4 heteroatoms. The van der Waals surface area contributed by atoms with Crippen molar-refractivity contribution in [1.82, 2.24) is 10.2 Å². The number of nitrogens with zero attached hydrogens (tertiary/aromatic N) is 1. The van der Waals surface area contributed by atoms with Gasteiger partial charge in [0.05, 0.1) is 0 Å². The molecule has 2 nitrogen and oxygen atoms in total. The standard InChI is InChI=1S/C9H17N2S2/c1-2-10-3-5-11(4-1)9-8-12-6-7-13-9/h10H,1-8H2. The lowest BCUT2D eigenvalue weighted by molar-refractivity contribution is 0.348. The molecule has 0 spiro atoms. The van der Waals surface area contributed by atoms with Crippen LogP contribution in [0.25, 0.3) is 0 Å². The van der Waals surface area contributed by atoms with E-state index in [1.54, 1.807) is 5.37 Å². The molecule has 2 aliphatic rings. The molecule has 2 aliphatic heterocycles. The topological polar surface area (TPSA) is 15.3 Å². The van der Waals surface area contributed by atoms with E-state index in [9.17, 15) is 0 Å². The van der Waals surface area contributed by atoms with Gasteiger partial charge in [-0.05, 0) is 13.0 Å². The number of hydrogen-bond acceptors (Lipinski definition) is 4. The van der Waals surface area contributed by atoms with Crippen molar-refractivity contribution in [3.05, 3.63) is 5.37 Å². The minimum Gasteiger partial charge on any atom is -0.315 e. The minimum atomic E-state index is 1.16. The van der Waals surface area contributed by atoms with Gasteiger partial charge in [-0.15, -0.1) is 11.8 Å². The summed E-state index contributed by atoms with van der Waals surface area (Å²) in [6.45, 7) is 4.83. The lowest BCUT2D eigenvalue weighted by Gasteiger charge is -2.31. The summed E-state index contributed by atoms with van der Waals surface area (Å²) >= 11 is 4.16. The summed E-state index contributed by atoms with van der Waals surface area (Å²) in [5.74, 6) is 3.90. The molecule has 0 aromatic rings. The average Bonchev–Trinajstić information content (AvgIpc) is 2.47. The molecule has 0 unspecified atom stereocenters. The number of rotatable bonds is 1. The third kappa shape index (κ3) is 3.05. The van der Waals surface area contributed by atoms with Crippen LogP contribution >= 0.6 is 23.5 Å². The fourth-order valence-electron chi connectivity index (χ4n) is 1.70. The third-order valence-electron chi connectivity index (χ3n) is 2.41. The Kier molecular flexibility index (Phi) is 4.28. The quantitative estimate of drug-likeness (QED) is 0.711. The molecular weight excluding hydrogens is 200 g/mol. The second kappa shape index (κ2) is 5.49. The van der Waals surface area contributed by atoms with E-state index in [0.717, 1.165) is 6.54 Å². The smallest absolute Gasteiger partial charge is 0.105 e. The van der Waals surface area contributed by atoms with Gasteiger partial charge in [0.25, 0.3) is 0 Å². The van der Waals surface area contributed by atoms with Crippen molar-refractivity contribution < 1.29 is 0 Å². The first kappa shape index (κ1) is 10.1. The Bertz CT molecular complexity index is 141. The Balaban J connectivity index is 1.82. The first-order valence-corrected chi connectivity index (χ1v) is 7.13. The zero-order valence-electron chi connectivity index (χ0n) is 7.92. The Hall–Kier alpha value is 0.620. The summed E-state index contributed by atoms with van der Waals surface area (Å²) in [7, 11) is 0. The fourth-order valence-corrected chi connectivity index (χ4v) is 4.19. The first-order chi connectivity index (χ1) is 6.47. The summed E-state index contributed by atoms with van der Waals surface area (Å²) in [5, 5.41) is 5.07. The molecule has 0 saturated carbocycles. The second-order valence-electron chi connectivity index (χ2n) is 3.39. The summed E-state index contributed by atoms with van der Waals surface area (Å²) in [6, 6.07) is 0. The van der Waals surface area contributed by atoms with Crippen LogP contribution in [0.4, 0.5) is 0 Å². The molecule has 0 amide bonds. The van der Waals surface area contributed by atoms with Gasteiger partial charge >= 0.3 is 0 Å². The van der Waals surface area contributed by atoms with Crippen LogP contribution in [-0.2, 0) is 0 Å². The molecule has 0 aromatic carbocycles. The van der Waals surface area contributed by atoms with E-state index in [-0.39, 0.29) is 0 Å². The highest BCUT2D eigenvalue weighted by atomic mass is 32.2. The van der Waals surface area contributed by atoms with Crippen LogP contribution in [0.5, 0.6) is 0 Å². The maximum atomic E-state index is 3.45. The van der Waals surface area contributed by atoms with E-state index >= 15 is 0 Å². The molecule has 0 aromatic heterocycles. The van der Waals surface area contributed by atoms with Crippen molar-refractivity contribution in [2.45, 2.75) is 6.42 Å². The molecule has 2 rings (SSSR count). The Morgan fingerprint density at radius 3 is 3.00 bits per heavy atom. The first-order valence-electron chi connectivity index (χ1n) is 4.99. The van der Waals surface area contributed by atoms with E-state index in [1.807, 2.05) is 0 Å². The van der Waals surface area contributed by atoms with Gasteiger partial charge in [0.15, 0.2) is 0 Å². The zero-order chi connectivity index (χ0) is 8.93. The third-order valence-corrected chi connectivity index (χ3v) is 4.97. The summed E-state index contributed by atoms with van der Waals surface area (Å²) in [4.78, 5) is 2.58. The van der Waals surface area contributed by atoms with Crippen LogP contribution in [0.15, 0.2) is 0 Å². The Labute approximate surface area is 89.2 Å². The average molecular weight is 217 g/mol. The second-order valence-corrected chi connectivity index (χ2v) is 5.66. The molecule has 13 heavy (non-hydrogen) atoms. The van der Waals surface area contributed by atoms with Crippen LogP contribution in [0.1, 0.15) is 6.42 Å². The van der Waals surface area contributed by atoms with Crippen molar-refractivity contribution in [3.63, 3.8) is 0 Å². The Morgan fingerprint density at radius 1 is 1.15 bits per heavy atom. The van der Waals surface area contributed by atoms with Crippen LogP contribution in [0.2, 0.25) is 0 Å². The maximum Gasteiger partial charge on any atom is 0.105 e. The van der Waals surface area contributed by atoms with Gasteiger partial charge in [0, 0.05) is 36.9 Å². The summed E-state index contributed by atoms with van der Waals surface area (Å²) in [6.07, 6.45) is 1.30. The molecule has 75 valence electrons. The monoisotopic (exact) mass is 217 g/mol. The maximum absolute atomic E-state index is 3.45. The van der Waals surface area contributed by atoms with Crippen molar-refractivity contribution in [2.75, 3.05) is 43.4 Å². The number of thioether (sulfide) groups is 2. The van der Waals surface area contributed by atoms with Crippen LogP contribution in [0, 0.1) is 5.37 Å². The molecule has 2 saturated heterocycles. The van der Waals surface area contributed by atoms with Gasteiger partial charge < -0.3 is 5.32 Å². The van der Waals surface area contributed by atoms with E-state index < -0.39 is 0 Å². The predicted octanol–water partition coefficient (Wildman–Crippen LogP) is 1.25. The molecule has 0 atom stereocenters. The summed E-state index contributed by atoms with van der Waals surface area (Å²) < 4.78 is 0. The molecule has 0 aliphatic carbocycles. The fraction of sp³-hybridized carbons (Fsp3) is 0.889. The van der Waals surface area contributed by atoms with Gasteiger partial charge in [-0.1, -0.05) is 0 Å². The highest BCUT2D eigenvalue weighted by Gasteiger charge is 2.23. The van der Waals surface area contributed by atoms with Gasteiger partial charge in [-0.3, -0.25) is 4.90 Å². The normalized spacial score (nSPS) is 28.6. The van der Waals surface area contributed by atoms with Crippen LogP contribution in [-0.4, -0.2) is 48.3 Å². The van der Waals surface area contributed by atoms with Crippen molar-refractivity contribution in [3.8, 4) is 0 Å². The molecule has 2 heterocycles. The number of nitrogens with one attached hydrogen (secondary N) is 1. The highest BCUT2D eigenvalue weighted by molar-refractivity contribution is 8.08. The lowest BCUT2D eigenvalue weighted by atomic mass is 10.4. The Morgan fingerprint density at radius 2 is 2.15 bits per heavy atom. The van der Waals surface area contributed by atoms with Crippen molar-refractivity contribution >= 4 is 23.5 Å². The lowest BCUT2D eigenvalue weighted by Crippen LogP contribution is -2.33. The van der Waals surface area contributed by atoms with Crippen molar-refractivity contribution in [1.29, 1.82) is 0 Å². The minimum absolute atomic E-state index is 1.16. The molecule has 0 bridgehead atoms. The van der Waals surface area contributed by atoms with Gasteiger partial charge in [-0.2, -0.15) is 11.8 Å². The molecule has 1 N–H and O–H groups in total. The molecular formula is C9H17N2S2. The van der Waals surface area contributed by atoms with Crippen LogP contribution < -0.4 is 5.32 Å². The SMILES string of the molecule is C1CNCCN([C]2CSCCS2)C1. The summed E-state index contributed by atoms with van der Waals surface area (Å²) in [5.41, 5.74) is 0. The number of hydrogen-bond donors (Lipinski definition) is 1. The van der Waals surface area contributed by atoms with E-state index in [1.165, 1.54) is 43.3 Å². The largest absolute Gasteiger partial charge is 0.315 e. The highest BCUT2D eigenvalue weighted by Crippen LogP contribution is 2.33. The zero-order valence-corrected chi connectivity index (χ0v) is 9.55.